The van der Waals surface area contributed by atoms with Gasteiger partial charge < -0.3 is 10.2 Å². The van der Waals surface area contributed by atoms with E-state index >= 15 is 0 Å². The number of carbonyl (C=O) groups is 1. The molecule has 1 N–H and O–H groups in total. The van der Waals surface area contributed by atoms with E-state index in [1.807, 2.05) is 31.3 Å². The Morgan fingerprint density at radius 1 is 1.00 bits per heavy atom. The number of aryl methyl sites for hydroxylation is 1. The summed E-state index contributed by atoms with van der Waals surface area (Å²) in [6.07, 6.45) is 8.44. The van der Waals surface area contributed by atoms with Gasteiger partial charge in [0.1, 0.15) is 11.6 Å². The van der Waals surface area contributed by atoms with Crippen molar-refractivity contribution in [1.82, 2.24) is 19.9 Å². The average Bonchev–Trinajstić information content (AvgIpc) is 2.75. The highest BCUT2D eigenvalue weighted by atomic mass is 16.2. The number of nitrogens with zero attached hydrogens (tertiary/aromatic N) is 4. The molecule has 1 atom stereocenters. The van der Waals surface area contributed by atoms with Gasteiger partial charge in [-0.1, -0.05) is 17.2 Å². The lowest BCUT2D eigenvalue weighted by Gasteiger charge is -2.35. The van der Waals surface area contributed by atoms with E-state index in [0.717, 1.165) is 62.4 Å². The van der Waals surface area contributed by atoms with Crippen LogP contribution in [0, 0.1) is 12.8 Å². The number of pyridine rings is 1. The van der Waals surface area contributed by atoms with Crippen LogP contribution in [0.4, 0.5) is 11.6 Å². The number of amides is 1. The van der Waals surface area contributed by atoms with E-state index in [2.05, 4.69) is 34.0 Å². The van der Waals surface area contributed by atoms with Crippen molar-refractivity contribution in [2.45, 2.75) is 58.8 Å². The van der Waals surface area contributed by atoms with Crippen molar-refractivity contribution in [1.29, 1.82) is 0 Å². The lowest BCUT2D eigenvalue weighted by Crippen LogP contribution is -2.42. The van der Waals surface area contributed by atoms with Gasteiger partial charge in [0, 0.05) is 36.8 Å². The molecule has 0 radical (unpaired) electrons. The van der Waals surface area contributed by atoms with E-state index in [4.69, 9.17) is 4.98 Å². The fraction of sp³-hybridized carbons (Fsp3) is 0.500. The topological polar surface area (TPSA) is 71.0 Å². The summed E-state index contributed by atoms with van der Waals surface area (Å²) in [6.45, 7) is 7.95. The number of piperidine rings is 1. The van der Waals surface area contributed by atoms with Gasteiger partial charge in [-0.25, -0.2) is 9.97 Å². The summed E-state index contributed by atoms with van der Waals surface area (Å²) in [5, 5.41) is 3.25. The molecule has 1 aliphatic carbocycles. The first-order valence-corrected chi connectivity index (χ1v) is 11.0. The Morgan fingerprint density at radius 2 is 1.80 bits per heavy atom. The molecule has 1 fully saturated rings. The van der Waals surface area contributed by atoms with Crippen LogP contribution in [0.5, 0.6) is 0 Å². The lowest BCUT2D eigenvalue weighted by molar-refractivity contribution is -0.137. The van der Waals surface area contributed by atoms with Crippen LogP contribution in [0.25, 0.3) is 0 Å². The zero-order valence-electron chi connectivity index (χ0n) is 18.2. The van der Waals surface area contributed by atoms with Gasteiger partial charge in [0.05, 0.1) is 11.9 Å². The number of anilines is 2. The van der Waals surface area contributed by atoms with Gasteiger partial charge in [0.2, 0.25) is 5.91 Å². The molecule has 1 amide bonds. The Hall–Kier alpha value is -2.76. The minimum atomic E-state index is 0.166. The summed E-state index contributed by atoms with van der Waals surface area (Å²) in [5.41, 5.74) is 4.81. The minimum absolute atomic E-state index is 0.166. The zero-order chi connectivity index (χ0) is 21.1. The lowest BCUT2D eigenvalue weighted by atomic mass is 9.83. The van der Waals surface area contributed by atoms with Gasteiger partial charge in [-0.05, 0) is 65.0 Å². The summed E-state index contributed by atoms with van der Waals surface area (Å²) >= 11 is 0. The maximum atomic E-state index is 13.0. The Bertz CT molecular complexity index is 946. The molecule has 6 heteroatoms. The second kappa shape index (κ2) is 8.94. The number of aromatic nitrogens is 3. The number of hydrogen-bond donors (Lipinski definition) is 1. The van der Waals surface area contributed by atoms with Crippen LogP contribution in [0.1, 0.15) is 63.3 Å². The second-order valence-electron chi connectivity index (χ2n) is 8.72. The number of allylic oxidation sites excluding steroid dienone is 2. The third-order valence-electron chi connectivity index (χ3n) is 6.52. The van der Waals surface area contributed by atoms with Gasteiger partial charge in [0.15, 0.2) is 0 Å². The summed E-state index contributed by atoms with van der Waals surface area (Å²) in [7, 11) is 0. The maximum absolute atomic E-state index is 13.0. The summed E-state index contributed by atoms with van der Waals surface area (Å²) in [5.74, 6) is 2.33. The van der Waals surface area contributed by atoms with Crippen LogP contribution >= 0.6 is 0 Å². The predicted octanol–water partition coefficient (Wildman–Crippen LogP) is 4.77. The van der Waals surface area contributed by atoms with Crippen molar-refractivity contribution < 1.29 is 4.79 Å². The van der Waals surface area contributed by atoms with Crippen LogP contribution < -0.4 is 5.32 Å². The maximum Gasteiger partial charge on any atom is 0.226 e. The van der Waals surface area contributed by atoms with Crippen LogP contribution in [-0.4, -0.2) is 38.8 Å². The van der Waals surface area contributed by atoms with Crippen LogP contribution in [0.2, 0.25) is 0 Å². The predicted molar refractivity (Wildman–Crippen MR) is 119 cm³/mol. The standard InChI is InChI=1S/C24H31N5O/c1-16-7-8-20(13-17(16)2)24(30)29-11-9-19(10-12-29)21-14-25-15-23(27-21)28-22-6-4-5-18(3)26-22/h4-6,14-15,19-20H,7-13H2,1-3H3,(H,26,27,28). The van der Waals surface area contributed by atoms with Crippen molar-refractivity contribution in [3.63, 3.8) is 0 Å². The van der Waals surface area contributed by atoms with E-state index in [-0.39, 0.29) is 5.92 Å². The van der Waals surface area contributed by atoms with Gasteiger partial charge in [-0.15, -0.1) is 0 Å². The molecule has 1 aliphatic heterocycles. The largest absolute Gasteiger partial charge is 0.342 e. The van der Waals surface area contributed by atoms with Crippen molar-refractivity contribution in [2.75, 3.05) is 18.4 Å². The summed E-state index contributed by atoms with van der Waals surface area (Å²) in [6, 6.07) is 5.86. The number of nitrogens with one attached hydrogen (secondary N) is 1. The molecule has 3 heterocycles. The Balaban J connectivity index is 1.36. The molecule has 30 heavy (non-hydrogen) atoms. The molecule has 0 aromatic carbocycles. The van der Waals surface area contributed by atoms with Gasteiger partial charge in [-0.2, -0.15) is 0 Å². The zero-order valence-corrected chi connectivity index (χ0v) is 18.2. The fourth-order valence-electron chi connectivity index (χ4n) is 4.50. The van der Waals surface area contributed by atoms with Crippen molar-refractivity contribution in [2.24, 2.45) is 5.92 Å². The fourth-order valence-corrected chi connectivity index (χ4v) is 4.50. The highest BCUT2D eigenvalue weighted by Crippen LogP contribution is 2.33. The van der Waals surface area contributed by atoms with Crippen molar-refractivity contribution in [3.8, 4) is 0 Å². The molecule has 4 rings (SSSR count). The van der Waals surface area contributed by atoms with Gasteiger partial charge in [0.25, 0.3) is 0 Å². The molecular formula is C24H31N5O. The molecule has 2 aliphatic rings. The van der Waals surface area contributed by atoms with Crippen LogP contribution in [0.15, 0.2) is 41.7 Å². The molecule has 0 bridgehead atoms. The molecule has 1 saturated heterocycles. The van der Waals surface area contributed by atoms with E-state index in [1.54, 1.807) is 6.20 Å². The van der Waals surface area contributed by atoms with E-state index in [1.165, 1.54) is 11.1 Å². The molecule has 6 nitrogen and oxygen atoms in total. The van der Waals surface area contributed by atoms with Gasteiger partial charge in [-0.3, -0.25) is 9.78 Å². The van der Waals surface area contributed by atoms with Gasteiger partial charge >= 0.3 is 0 Å². The normalized spacial score (nSPS) is 20.4. The van der Waals surface area contributed by atoms with E-state index < -0.39 is 0 Å². The monoisotopic (exact) mass is 405 g/mol. The van der Waals surface area contributed by atoms with Crippen molar-refractivity contribution >= 4 is 17.5 Å². The third kappa shape index (κ3) is 4.69. The third-order valence-corrected chi connectivity index (χ3v) is 6.52. The number of likely N-dealkylation sites (tertiary alicyclic amines) is 1. The van der Waals surface area contributed by atoms with E-state index in [9.17, 15) is 4.79 Å². The highest BCUT2D eigenvalue weighted by molar-refractivity contribution is 5.79. The first kappa shape index (κ1) is 20.5. The quantitative estimate of drug-likeness (QED) is 0.742. The molecule has 1 unspecified atom stereocenters. The Labute approximate surface area is 178 Å². The Morgan fingerprint density at radius 3 is 2.53 bits per heavy atom. The average molecular weight is 406 g/mol. The molecule has 2 aromatic rings. The SMILES string of the molecule is CC1=C(C)CC(C(=O)N2CCC(c3cncc(Nc4cccc(C)n4)n3)CC2)CC1. The molecule has 2 aromatic heterocycles. The Kier molecular flexibility index (Phi) is 6.11. The van der Waals surface area contributed by atoms with Crippen LogP contribution in [0.3, 0.4) is 0 Å². The number of hydrogen-bond acceptors (Lipinski definition) is 5. The molecule has 158 valence electrons. The first-order valence-electron chi connectivity index (χ1n) is 11.0. The molecule has 0 spiro atoms. The highest BCUT2D eigenvalue weighted by Gasteiger charge is 2.31. The number of rotatable bonds is 4. The number of carbonyl (C=O) groups excluding carboxylic acids is 1. The second-order valence-corrected chi connectivity index (χ2v) is 8.72. The smallest absolute Gasteiger partial charge is 0.226 e. The minimum Gasteiger partial charge on any atom is -0.342 e. The van der Waals surface area contributed by atoms with Crippen molar-refractivity contribution in [3.05, 3.63) is 53.1 Å². The van der Waals surface area contributed by atoms with Crippen LogP contribution in [-0.2, 0) is 4.79 Å². The summed E-state index contributed by atoms with van der Waals surface area (Å²) in [4.78, 5) is 28.7. The first-order chi connectivity index (χ1) is 14.5. The van der Waals surface area contributed by atoms with E-state index in [0.29, 0.717) is 17.6 Å². The summed E-state index contributed by atoms with van der Waals surface area (Å²) < 4.78 is 0. The molecular weight excluding hydrogens is 374 g/mol. The molecule has 0 saturated carbocycles.